The maximum Gasteiger partial charge on any atom is 0.225 e. The van der Waals surface area contributed by atoms with E-state index in [2.05, 4.69) is 88.3 Å². The molecule has 1 aliphatic rings. The number of hydrogen-bond donors (Lipinski definition) is 2. The summed E-state index contributed by atoms with van der Waals surface area (Å²) < 4.78 is 5.67. The number of allylic oxidation sites excluding steroid dienone is 1. The van der Waals surface area contributed by atoms with Gasteiger partial charge in [0.2, 0.25) is 5.91 Å². The number of anilines is 1. The molecular weight excluding hydrogens is 414 g/mol. The number of hydrogen-bond acceptors (Lipinski definition) is 3. The molecule has 32 heavy (non-hydrogen) atoms. The van der Waals surface area contributed by atoms with Crippen LogP contribution < -0.4 is 10.0 Å². The van der Waals surface area contributed by atoms with Gasteiger partial charge in [0.25, 0.3) is 0 Å². The molecule has 4 nitrogen and oxygen atoms in total. The van der Waals surface area contributed by atoms with Crippen LogP contribution in [0, 0.1) is 0 Å². The van der Waals surface area contributed by atoms with E-state index in [4.69, 9.17) is 0 Å². The number of para-hydroxylation sites is 1. The summed E-state index contributed by atoms with van der Waals surface area (Å²) in [7, 11) is 0. The molecule has 5 heteroatoms. The van der Waals surface area contributed by atoms with Gasteiger partial charge >= 0.3 is 0 Å². The lowest BCUT2D eigenvalue weighted by Crippen LogP contribution is -2.17. The molecule has 0 bridgehead atoms. The average Bonchev–Trinajstić information content (AvgIpc) is 3.15. The highest BCUT2D eigenvalue weighted by atomic mass is 32.2. The molecule has 0 saturated heterocycles. The van der Waals surface area contributed by atoms with E-state index in [1.807, 2.05) is 6.07 Å². The molecule has 162 valence electrons. The lowest BCUT2D eigenvalue weighted by molar-refractivity contribution is -0.116. The summed E-state index contributed by atoms with van der Waals surface area (Å²) in [5, 5.41) is 5.46. The highest BCUT2D eigenvalue weighted by Crippen LogP contribution is 2.31. The molecule has 0 atom stereocenters. The van der Waals surface area contributed by atoms with Crippen LogP contribution in [0.5, 0.6) is 0 Å². The Kier molecular flexibility index (Phi) is 6.02. The standard InChI is InChI=1S/C27H27N3OS/c1-2-30-24-12-6-5-11-22(24)23-18-20(14-15-25(23)30)29-27(31)16-17-28-32-26-13-7-9-19-8-3-4-10-21(19)26/h4-7,9-15,18,28H,2-3,8,16-17H2,1H3,(H,29,31). The van der Waals surface area contributed by atoms with E-state index in [1.54, 1.807) is 11.9 Å². The van der Waals surface area contributed by atoms with Gasteiger partial charge in [-0.1, -0.05) is 42.5 Å². The summed E-state index contributed by atoms with van der Waals surface area (Å²) in [6.45, 7) is 3.69. The zero-order valence-electron chi connectivity index (χ0n) is 18.2. The van der Waals surface area contributed by atoms with Crippen molar-refractivity contribution in [3.63, 3.8) is 0 Å². The van der Waals surface area contributed by atoms with Gasteiger partial charge in [-0.15, -0.1) is 0 Å². The van der Waals surface area contributed by atoms with Gasteiger partial charge in [0.15, 0.2) is 0 Å². The molecule has 3 aromatic carbocycles. The molecule has 1 heterocycles. The third-order valence-electron chi connectivity index (χ3n) is 6.03. The van der Waals surface area contributed by atoms with E-state index in [0.29, 0.717) is 13.0 Å². The molecule has 2 N–H and O–H groups in total. The molecule has 1 amide bonds. The Morgan fingerprint density at radius 1 is 1.03 bits per heavy atom. The summed E-state index contributed by atoms with van der Waals surface area (Å²) in [6, 6.07) is 21.1. The molecule has 1 aromatic heterocycles. The smallest absolute Gasteiger partial charge is 0.225 e. The summed E-state index contributed by atoms with van der Waals surface area (Å²) in [4.78, 5) is 13.8. The Morgan fingerprint density at radius 3 is 2.81 bits per heavy atom. The average molecular weight is 442 g/mol. The van der Waals surface area contributed by atoms with Crippen molar-refractivity contribution in [3.8, 4) is 0 Å². The van der Waals surface area contributed by atoms with Crippen molar-refractivity contribution in [1.29, 1.82) is 0 Å². The first-order chi connectivity index (χ1) is 15.7. The van der Waals surface area contributed by atoms with Crippen LogP contribution in [0.1, 0.15) is 30.9 Å². The molecule has 0 spiro atoms. The minimum atomic E-state index is 0.0201. The first kappa shape index (κ1) is 20.9. The van der Waals surface area contributed by atoms with Crippen molar-refractivity contribution in [2.24, 2.45) is 0 Å². The fraction of sp³-hybridized carbons (Fsp3) is 0.222. The van der Waals surface area contributed by atoms with Gasteiger partial charge in [-0.3, -0.25) is 9.52 Å². The minimum absolute atomic E-state index is 0.0201. The highest BCUT2D eigenvalue weighted by molar-refractivity contribution is 7.97. The third-order valence-corrected chi connectivity index (χ3v) is 6.95. The van der Waals surface area contributed by atoms with Crippen molar-refractivity contribution in [1.82, 2.24) is 9.29 Å². The topological polar surface area (TPSA) is 46.1 Å². The van der Waals surface area contributed by atoms with Gasteiger partial charge in [-0.05, 0) is 73.2 Å². The van der Waals surface area contributed by atoms with E-state index in [1.165, 1.54) is 37.8 Å². The van der Waals surface area contributed by atoms with Crippen LogP contribution in [-0.4, -0.2) is 17.0 Å². The predicted molar refractivity (Wildman–Crippen MR) is 136 cm³/mol. The number of amides is 1. The number of carbonyl (C=O) groups is 1. The summed E-state index contributed by atoms with van der Waals surface area (Å²) in [5.74, 6) is 0.0201. The van der Waals surface area contributed by atoms with Crippen LogP contribution in [-0.2, 0) is 17.8 Å². The van der Waals surface area contributed by atoms with Gasteiger partial charge in [0.1, 0.15) is 0 Å². The van der Waals surface area contributed by atoms with Gasteiger partial charge in [-0.2, -0.15) is 0 Å². The number of aryl methyl sites for hydroxylation is 2. The number of fused-ring (bicyclic) bond motifs is 4. The van der Waals surface area contributed by atoms with Crippen LogP contribution in [0.25, 0.3) is 27.9 Å². The van der Waals surface area contributed by atoms with Crippen molar-refractivity contribution >= 4 is 51.4 Å². The predicted octanol–water partition coefficient (Wildman–Crippen LogP) is 6.40. The molecule has 1 aliphatic carbocycles. The SMILES string of the molecule is CCn1c2ccccc2c2cc(NC(=O)CCNSc3cccc4c3C=CCC4)ccc21. The molecule has 5 rings (SSSR count). The monoisotopic (exact) mass is 441 g/mol. The van der Waals surface area contributed by atoms with E-state index >= 15 is 0 Å². The second kappa shape index (κ2) is 9.23. The Bertz CT molecular complexity index is 1320. The summed E-state index contributed by atoms with van der Waals surface area (Å²) in [6.07, 6.45) is 7.08. The third kappa shape index (κ3) is 4.06. The summed E-state index contributed by atoms with van der Waals surface area (Å²) in [5.41, 5.74) is 5.98. The van der Waals surface area contributed by atoms with Crippen LogP contribution in [0.4, 0.5) is 5.69 Å². The minimum Gasteiger partial charge on any atom is -0.341 e. The zero-order chi connectivity index (χ0) is 21.9. The van der Waals surface area contributed by atoms with Crippen molar-refractivity contribution in [2.75, 3.05) is 11.9 Å². The highest BCUT2D eigenvalue weighted by Gasteiger charge is 2.12. The Labute approximate surface area is 192 Å². The molecule has 0 radical (unpaired) electrons. The van der Waals surface area contributed by atoms with Crippen molar-refractivity contribution in [2.45, 2.75) is 37.6 Å². The molecular formula is C27H27N3OS. The Morgan fingerprint density at radius 2 is 1.91 bits per heavy atom. The fourth-order valence-corrected chi connectivity index (χ4v) is 5.33. The van der Waals surface area contributed by atoms with Crippen molar-refractivity contribution in [3.05, 3.63) is 77.9 Å². The lowest BCUT2D eigenvalue weighted by atomic mass is 9.98. The van der Waals surface area contributed by atoms with Gasteiger partial charge in [-0.25, -0.2) is 0 Å². The Hall–Kier alpha value is -3.02. The van der Waals surface area contributed by atoms with E-state index in [9.17, 15) is 4.79 Å². The van der Waals surface area contributed by atoms with Crippen LogP contribution >= 0.6 is 11.9 Å². The molecule has 0 saturated carbocycles. The van der Waals surface area contributed by atoms with Crippen molar-refractivity contribution < 1.29 is 4.79 Å². The fourth-order valence-electron chi connectivity index (χ4n) is 4.51. The normalized spacial score (nSPS) is 12.9. The number of rotatable bonds is 7. The first-order valence-corrected chi connectivity index (χ1v) is 12.0. The molecule has 0 aliphatic heterocycles. The van der Waals surface area contributed by atoms with E-state index < -0.39 is 0 Å². The van der Waals surface area contributed by atoms with E-state index in [-0.39, 0.29) is 5.91 Å². The van der Waals surface area contributed by atoms with Crippen LogP contribution in [0.3, 0.4) is 0 Å². The molecule has 0 fully saturated rings. The quantitative estimate of drug-likeness (QED) is 0.258. The van der Waals surface area contributed by atoms with Gasteiger partial charge < -0.3 is 9.88 Å². The van der Waals surface area contributed by atoms with Crippen LogP contribution in [0.2, 0.25) is 0 Å². The lowest BCUT2D eigenvalue weighted by Gasteiger charge is -2.14. The number of aromatic nitrogens is 1. The number of nitrogens with zero attached hydrogens (tertiary/aromatic N) is 1. The number of carbonyl (C=O) groups excluding carboxylic acids is 1. The maximum absolute atomic E-state index is 12.5. The Balaban J connectivity index is 1.21. The molecule has 4 aromatic rings. The maximum atomic E-state index is 12.5. The van der Waals surface area contributed by atoms with Gasteiger partial charge in [0.05, 0.1) is 0 Å². The van der Waals surface area contributed by atoms with E-state index in [0.717, 1.165) is 25.1 Å². The number of benzene rings is 3. The van der Waals surface area contributed by atoms with Crippen LogP contribution in [0.15, 0.2) is 71.6 Å². The first-order valence-electron chi connectivity index (χ1n) is 11.2. The second-order valence-corrected chi connectivity index (χ2v) is 8.99. The zero-order valence-corrected chi connectivity index (χ0v) is 19.0. The largest absolute Gasteiger partial charge is 0.341 e. The second-order valence-electron chi connectivity index (χ2n) is 8.06. The number of nitrogens with one attached hydrogen (secondary N) is 2. The molecule has 0 unspecified atom stereocenters. The summed E-state index contributed by atoms with van der Waals surface area (Å²) >= 11 is 1.61. The van der Waals surface area contributed by atoms with Gasteiger partial charge in [0, 0.05) is 51.9 Å².